The molecule has 2 amide bonds. The number of aryl methyl sites for hydroxylation is 1. The highest BCUT2D eigenvalue weighted by atomic mass is 32.2. The van der Waals surface area contributed by atoms with Crippen LogP contribution in [0.5, 0.6) is 5.75 Å². The van der Waals surface area contributed by atoms with E-state index in [4.69, 9.17) is 11.2 Å². The summed E-state index contributed by atoms with van der Waals surface area (Å²) in [6.45, 7) is 4.50. The van der Waals surface area contributed by atoms with Gasteiger partial charge in [-0.2, -0.15) is 0 Å². The molecule has 6 heteroatoms. The second kappa shape index (κ2) is 9.21. The Balaban J connectivity index is 1.54. The third kappa shape index (κ3) is 4.34. The standard InChI is InChI=1S/C26H22N2O3S/c1-4-14-27-25(29)24(32-26(27)30)16-21-15-18(2)28(19(21)3)22-10-12-23(13-11-22)31-17-20-8-6-5-7-9-20/h1,5-13,15-16H,14,17H2,2-3H3/b24-16+. The molecule has 0 N–H and O–H groups in total. The smallest absolute Gasteiger partial charge is 0.294 e. The molecule has 3 aromatic rings. The largest absolute Gasteiger partial charge is 0.489 e. The molecule has 5 nitrogen and oxygen atoms in total. The maximum absolute atomic E-state index is 12.5. The van der Waals surface area contributed by atoms with Gasteiger partial charge < -0.3 is 9.30 Å². The summed E-state index contributed by atoms with van der Waals surface area (Å²) in [5.41, 5.74) is 4.99. The lowest BCUT2D eigenvalue weighted by molar-refractivity contribution is -0.122. The molecule has 1 fully saturated rings. The van der Waals surface area contributed by atoms with Gasteiger partial charge in [-0.15, -0.1) is 6.42 Å². The average Bonchev–Trinajstić information content (AvgIpc) is 3.23. The molecule has 0 bridgehead atoms. The molecular formula is C26H22N2O3S. The molecule has 160 valence electrons. The van der Waals surface area contributed by atoms with Gasteiger partial charge in [0.1, 0.15) is 12.4 Å². The number of imide groups is 1. The Hall–Kier alpha value is -3.69. The van der Waals surface area contributed by atoms with E-state index in [9.17, 15) is 9.59 Å². The van der Waals surface area contributed by atoms with E-state index < -0.39 is 0 Å². The first-order chi connectivity index (χ1) is 15.5. The molecule has 0 spiro atoms. The summed E-state index contributed by atoms with van der Waals surface area (Å²) in [4.78, 5) is 26.0. The number of hydrogen-bond acceptors (Lipinski definition) is 4. The van der Waals surface area contributed by atoms with Crippen LogP contribution in [0, 0.1) is 26.2 Å². The lowest BCUT2D eigenvalue weighted by Gasteiger charge is -2.11. The molecule has 1 aliphatic heterocycles. The first kappa shape index (κ1) is 21.5. The monoisotopic (exact) mass is 442 g/mol. The quantitative estimate of drug-likeness (QED) is 0.382. The number of ether oxygens (including phenoxy) is 1. The van der Waals surface area contributed by atoms with Gasteiger partial charge in [-0.3, -0.25) is 14.5 Å². The van der Waals surface area contributed by atoms with E-state index in [1.54, 1.807) is 6.08 Å². The van der Waals surface area contributed by atoms with Crippen molar-refractivity contribution in [3.63, 3.8) is 0 Å². The summed E-state index contributed by atoms with van der Waals surface area (Å²) in [7, 11) is 0. The lowest BCUT2D eigenvalue weighted by atomic mass is 10.2. The molecule has 1 saturated heterocycles. The minimum Gasteiger partial charge on any atom is -0.489 e. The summed E-state index contributed by atoms with van der Waals surface area (Å²) in [5, 5.41) is -0.334. The van der Waals surface area contributed by atoms with Crippen LogP contribution in [-0.4, -0.2) is 27.2 Å². The highest BCUT2D eigenvalue weighted by molar-refractivity contribution is 8.18. The number of amides is 2. The van der Waals surface area contributed by atoms with Crippen molar-refractivity contribution >= 4 is 29.0 Å². The number of rotatable bonds is 6. The Bertz CT molecular complexity index is 1230. The van der Waals surface area contributed by atoms with E-state index in [1.165, 1.54) is 0 Å². The van der Waals surface area contributed by atoms with Crippen molar-refractivity contribution in [2.75, 3.05) is 6.54 Å². The number of carbonyl (C=O) groups is 2. The van der Waals surface area contributed by atoms with Crippen molar-refractivity contribution in [3.8, 4) is 23.8 Å². The maximum Gasteiger partial charge on any atom is 0.294 e. The summed E-state index contributed by atoms with van der Waals surface area (Å²) in [6.07, 6.45) is 7.03. The van der Waals surface area contributed by atoms with Crippen molar-refractivity contribution in [3.05, 3.63) is 88.1 Å². The Morgan fingerprint density at radius 2 is 1.78 bits per heavy atom. The summed E-state index contributed by atoms with van der Waals surface area (Å²) < 4.78 is 7.99. The molecule has 4 rings (SSSR count). The molecule has 1 aliphatic rings. The van der Waals surface area contributed by atoms with E-state index in [2.05, 4.69) is 10.5 Å². The van der Waals surface area contributed by atoms with Gasteiger partial charge in [-0.05, 0) is 73.1 Å². The second-order valence-corrected chi connectivity index (χ2v) is 8.40. The molecular weight excluding hydrogens is 420 g/mol. The lowest BCUT2D eigenvalue weighted by Crippen LogP contribution is -2.28. The van der Waals surface area contributed by atoms with Crippen LogP contribution in [0.3, 0.4) is 0 Å². The van der Waals surface area contributed by atoms with E-state index in [0.29, 0.717) is 11.5 Å². The van der Waals surface area contributed by atoms with Gasteiger partial charge in [0.25, 0.3) is 11.1 Å². The highest BCUT2D eigenvalue weighted by Crippen LogP contribution is 2.33. The maximum atomic E-state index is 12.5. The SMILES string of the molecule is C#CCN1C(=O)S/C(=C/c2cc(C)n(-c3ccc(OCc4ccccc4)cc3)c2C)C1=O. The van der Waals surface area contributed by atoms with E-state index >= 15 is 0 Å². The number of carbonyl (C=O) groups excluding carboxylic acids is 2. The molecule has 0 unspecified atom stereocenters. The zero-order valence-electron chi connectivity index (χ0n) is 17.9. The van der Waals surface area contributed by atoms with E-state index in [1.807, 2.05) is 74.5 Å². The van der Waals surface area contributed by atoms with Crippen LogP contribution >= 0.6 is 11.8 Å². The molecule has 2 heterocycles. The van der Waals surface area contributed by atoms with Crippen molar-refractivity contribution < 1.29 is 14.3 Å². The van der Waals surface area contributed by atoms with E-state index in [-0.39, 0.29) is 17.7 Å². The van der Waals surface area contributed by atoms with Crippen molar-refractivity contribution in [2.24, 2.45) is 0 Å². The van der Waals surface area contributed by atoms with Crippen LogP contribution in [-0.2, 0) is 11.4 Å². The third-order valence-electron chi connectivity index (χ3n) is 5.22. The Morgan fingerprint density at radius 1 is 1.06 bits per heavy atom. The first-order valence-corrected chi connectivity index (χ1v) is 10.9. The number of nitrogens with zero attached hydrogens (tertiary/aromatic N) is 2. The zero-order valence-corrected chi connectivity index (χ0v) is 18.7. The molecule has 1 aromatic heterocycles. The summed E-state index contributed by atoms with van der Waals surface area (Å²) in [6, 6.07) is 19.9. The average molecular weight is 443 g/mol. The van der Waals surface area contributed by atoms with Gasteiger partial charge >= 0.3 is 0 Å². The van der Waals surface area contributed by atoms with Gasteiger partial charge in [0.2, 0.25) is 0 Å². The number of aromatic nitrogens is 1. The fraction of sp³-hybridized carbons (Fsp3) is 0.154. The van der Waals surface area contributed by atoms with Crippen LogP contribution in [0.25, 0.3) is 11.8 Å². The van der Waals surface area contributed by atoms with Crippen LogP contribution in [0.4, 0.5) is 4.79 Å². The van der Waals surface area contributed by atoms with Crippen molar-refractivity contribution in [1.82, 2.24) is 9.47 Å². The van der Waals surface area contributed by atoms with Gasteiger partial charge in [0.15, 0.2) is 0 Å². The number of terminal acetylenes is 1. The van der Waals surface area contributed by atoms with Crippen molar-refractivity contribution in [1.29, 1.82) is 0 Å². The number of thioether (sulfide) groups is 1. The van der Waals surface area contributed by atoms with Gasteiger partial charge in [-0.1, -0.05) is 36.3 Å². The molecule has 0 aliphatic carbocycles. The predicted octanol–water partition coefficient (Wildman–Crippen LogP) is 5.34. The molecule has 32 heavy (non-hydrogen) atoms. The first-order valence-electron chi connectivity index (χ1n) is 10.1. The highest BCUT2D eigenvalue weighted by Gasteiger charge is 2.34. The fourth-order valence-electron chi connectivity index (χ4n) is 3.63. The minimum atomic E-state index is -0.345. The van der Waals surface area contributed by atoms with Crippen LogP contribution < -0.4 is 4.74 Å². The number of hydrogen-bond donors (Lipinski definition) is 0. The molecule has 0 radical (unpaired) electrons. The Morgan fingerprint density at radius 3 is 2.47 bits per heavy atom. The van der Waals surface area contributed by atoms with E-state index in [0.717, 1.165) is 50.6 Å². The van der Waals surface area contributed by atoms with Crippen LogP contribution in [0.15, 0.2) is 65.6 Å². The van der Waals surface area contributed by atoms with Crippen molar-refractivity contribution in [2.45, 2.75) is 20.5 Å². The van der Waals surface area contributed by atoms with Crippen LogP contribution in [0.2, 0.25) is 0 Å². The fourth-order valence-corrected chi connectivity index (χ4v) is 4.46. The minimum absolute atomic E-state index is 0.0142. The normalized spacial score (nSPS) is 14.8. The Kier molecular flexibility index (Phi) is 6.20. The Labute approximate surface area is 191 Å². The van der Waals surface area contributed by atoms with Gasteiger partial charge in [0.05, 0.1) is 11.4 Å². The third-order valence-corrected chi connectivity index (χ3v) is 6.13. The second-order valence-electron chi connectivity index (χ2n) is 7.40. The molecule has 0 atom stereocenters. The van der Waals surface area contributed by atoms with Gasteiger partial charge in [-0.25, -0.2) is 0 Å². The topological polar surface area (TPSA) is 51.5 Å². The van der Waals surface area contributed by atoms with Crippen LogP contribution in [0.1, 0.15) is 22.5 Å². The summed E-state index contributed by atoms with van der Waals surface area (Å²) in [5.74, 6) is 2.80. The summed E-state index contributed by atoms with van der Waals surface area (Å²) >= 11 is 0.919. The molecule has 0 saturated carbocycles. The number of benzene rings is 2. The van der Waals surface area contributed by atoms with Gasteiger partial charge in [0, 0.05) is 17.1 Å². The predicted molar refractivity (Wildman–Crippen MR) is 128 cm³/mol. The zero-order chi connectivity index (χ0) is 22.7. The molecule has 2 aromatic carbocycles.